The fraction of sp³-hybridized carbons (Fsp3) is 0.778. The maximum atomic E-state index is 11.3. The average molecular weight is 246 g/mol. The SMILES string of the molecule is CCCNC(CS(C)(=O)=O)c1cnnn1C. The Morgan fingerprint density at radius 2 is 2.25 bits per heavy atom. The second-order valence-corrected chi connectivity index (χ2v) is 6.07. The molecule has 0 radical (unpaired) electrons. The zero-order valence-corrected chi connectivity index (χ0v) is 10.7. The first kappa shape index (κ1) is 13.1. The number of aryl methyl sites for hydroxylation is 1. The van der Waals surface area contributed by atoms with E-state index in [1.807, 2.05) is 6.92 Å². The lowest BCUT2D eigenvalue weighted by atomic mass is 10.2. The molecule has 0 saturated heterocycles. The van der Waals surface area contributed by atoms with Crippen LogP contribution in [0.2, 0.25) is 0 Å². The van der Waals surface area contributed by atoms with Gasteiger partial charge in [0.05, 0.1) is 23.7 Å². The fourth-order valence-corrected chi connectivity index (χ4v) is 2.38. The summed E-state index contributed by atoms with van der Waals surface area (Å²) in [4.78, 5) is 0. The predicted octanol–water partition coefficient (Wildman–Crippen LogP) is -0.0996. The number of rotatable bonds is 6. The van der Waals surface area contributed by atoms with Crippen LogP contribution < -0.4 is 5.32 Å². The maximum Gasteiger partial charge on any atom is 0.149 e. The van der Waals surface area contributed by atoms with E-state index >= 15 is 0 Å². The highest BCUT2D eigenvalue weighted by molar-refractivity contribution is 7.90. The molecule has 0 aliphatic heterocycles. The van der Waals surface area contributed by atoms with Crippen molar-refractivity contribution in [3.63, 3.8) is 0 Å². The molecule has 1 atom stereocenters. The number of sulfone groups is 1. The highest BCUT2D eigenvalue weighted by Gasteiger charge is 2.19. The number of nitrogens with zero attached hydrogens (tertiary/aromatic N) is 3. The third-order valence-corrected chi connectivity index (χ3v) is 3.16. The largest absolute Gasteiger partial charge is 0.308 e. The molecule has 6 nitrogen and oxygen atoms in total. The highest BCUT2D eigenvalue weighted by Crippen LogP contribution is 2.12. The molecule has 1 N–H and O–H groups in total. The first-order chi connectivity index (χ1) is 7.44. The summed E-state index contributed by atoms with van der Waals surface area (Å²) in [5.41, 5.74) is 0.791. The monoisotopic (exact) mass is 246 g/mol. The van der Waals surface area contributed by atoms with Gasteiger partial charge in [0, 0.05) is 13.3 Å². The van der Waals surface area contributed by atoms with Gasteiger partial charge in [0.2, 0.25) is 0 Å². The molecule has 7 heteroatoms. The average Bonchev–Trinajstić information content (AvgIpc) is 2.57. The maximum absolute atomic E-state index is 11.3. The summed E-state index contributed by atoms with van der Waals surface area (Å²) in [6, 6.07) is -0.241. The van der Waals surface area contributed by atoms with Crippen LogP contribution in [0.5, 0.6) is 0 Å². The molecule has 1 unspecified atom stereocenters. The summed E-state index contributed by atoms with van der Waals surface area (Å²) in [5, 5.41) is 10.8. The van der Waals surface area contributed by atoms with Gasteiger partial charge in [0.15, 0.2) is 0 Å². The van der Waals surface area contributed by atoms with E-state index in [9.17, 15) is 8.42 Å². The van der Waals surface area contributed by atoms with Gasteiger partial charge in [-0.15, -0.1) is 5.10 Å². The first-order valence-corrected chi connectivity index (χ1v) is 7.25. The molecule has 92 valence electrons. The van der Waals surface area contributed by atoms with Gasteiger partial charge in [0.25, 0.3) is 0 Å². The lowest BCUT2D eigenvalue weighted by Gasteiger charge is -2.16. The summed E-state index contributed by atoms with van der Waals surface area (Å²) in [5.74, 6) is 0.0637. The van der Waals surface area contributed by atoms with Crippen molar-refractivity contribution in [3.05, 3.63) is 11.9 Å². The second-order valence-electron chi connectivity index (χ2n) is 3.88. The van der Waals surface area contributed by atoms with Gasteiger partial charge in [-0.2, -0.15) is 0 Å². The Labute approximate surface area is 96.0 Å². The third kappa shape index (κ3) is 3.90. The number of aromatic nitrogens is 3. The highest BCUT2D eigenvalue weighted by atomic mass is 32.2. The van der Waals surface area contributed by atoms with Crippen LogP contribution in [0.1, 0.15) is 25.1 Å². The van der Waals surface area contributed by atoms with Gasteiger partial charge in [-0.1, -0.05) is 12.1 Å². The summed E-state index contributed by atoms with van der Waals surface area (Å²) in [7, 11) is -1.27. The molecule has 0 spiro atoms. The third-order valence-electron chi connectivity index (χ3n) is 2.22. The summed E-state index contributed by atoms with van der Waals surface area (Å²) >= 11 is 0. The predicted molar refractivity (Wildman–Crippen MR) is 61.7 cm³/mol. The Morgan fingerprint density at radius 3 is 2.69 bits per heavy atom. The van der Waals surface area contributed by atoms with E-state index in [2.05, 4.69) is 15.6 Å². The van der Waals surface area contributed by atoms with Crippen molar-refractivity contribution in [2.45, 2.75) is 19.4 Å². The number of hydrogen-bond acceptors (Lipinski definition) is 5. The van der Waals surface area contributed by atoms with Crippen molar-refractivity contribution >= 4 is 9.84 Å². The van der Waals surface area contributed by atoms with Crippen molar-refractivity contribution in [3.8, 4) is 0 Å². The van der Waals surface area contributed by atoms with Crippen LogP contribution in [0.4, 0.5) is 0 Å². The Morgan fingerprint density at radius 1 is 1.56 bits per heavy atom. The Bertz CT molecular complexity index is 426. The van der Waals surface area contributed by atoms with Gasteiger partial charge in [-0.25, -0.2) is 8.42 Å². The van der Waals surface area contributed by atoms with Crippen LogP contribution in [0.25, 0.3) is 0 Å². The molecule has 1 heterocycles. The molecule has 0 aromatic carbocycles. The molecule has 0 aliphatic rings. The number of nitrogens with one attached hydrogen (secondary N) is 1. The lowest BCUT2D eigenvalue weighted by Crippen LogP contribution is -2.30. The van der Waals surface area contributed by atoms with E-state index in [4.69, 9.17) is 0 Å². The quantitative estimate of drug-likeness (QED) is 0.758. The van der Waals surface area contributed by atoms with Crippen LogP contribution >= 0.6 is 0 Å². The van der Waals surface area contributed by atoms with Crippen LogP contribution in [-0.4, -0.2) is 42.0 Å². The Balaban J connectivity index is 2.83. The van der Waals surface area contributed by atoms with E-state index in [0.717, 1.165) is 18.7 Å². The molecular formula is C9H18N4O2S. The topological polar surface area (TPSA) is 76.9 Å². The summed E-state index contributed by atoms with van der Waals surface area (Å²) in [6.45, 7) is 2.80. The minimum atomic E-state index is -3.03. The lowest BCUT2D eigenvalue weighted by molar-refractivity contribution is 0.517. The van der Waals surface area contributed by atoms with Crippen molar-refractivity contribution in [2.75, 3.05) is 18.6 Å². The van der Waals surface area contributed by atoms with Gasteiger partial charge in [-0.3, -0.25) is 4.68 Å². The van der Waals surface area contributed by atoms with E-state index in [0.29, 0.717) is 0 Å². The zero-order valence-electron chi connectivity index (χ0n) is 9.84. The van der Waals surface area contributed by atoms with Crippen LogP contribution in [0.15, 0.2) is 6.20 Å². The van der Waals surface area contributed by atoms with E-state index in [-0.39, 0.29) is 11.8 Å². The molecule has 1 aromatic heterocycles. The molecule has 0 aliphatic carbocycles. The first-order valence-electron chi connectivity index (χ1n) is 5.19. The molecular weight excluding hydrogens is 228 g/mol. The minimum absolute atomic E-state index is 0.0637. The van der Waals surface area contributed by atoms with E-state index in [1.165, 1.54) is 6.26 Å². The minimum Gasteiger partial charge on any atom is -0.308 e. The van der Waals surface area contributed by atoms with Gasteiger partial charge in [0.1, 0.15) is 9.84 Å². The summed E-state index contributed by atoms with van der Waals surface area (Å²) < 4.78 is 24.2. The zero-order chi connectivity index (χ0) is 12.2. The van der Waals surface area contributed by atoms with Crippen LogP contribution in [-0.2, 0) is 16.9 Å². The van der Waals surface area contributed by atoms with Crippen molar-refractivity contribution in [2.24, 2.45) is 7.05 Å². The van der Waals surface area contributed by atoms with Gasteiger partial charge < -0.3 is 5.32 Å². The van der Waals surface area contributed by atoms with E-state index in [1.54, 1.807) is 17.9 Å². The smallest absolute Gasteiger partial charge is 0.149 e. The van der Waals surface area contributed by atoms with Crippen LogP contribution in [0, 0.1) is 0 Å². The molecule has 16 heavy (non-hydrogen) atoms. The standard InChI is InChI=1S/C9H18N4O2S/c1-4-5-10-8(7-16(3,14)15)9-6-11-12-13(9)2/h6,8,10H,4-5,7H2,1-3H3. The molecule has 1 aromatic rings. The van der Waals surface area contributed by atoms with Crippen molar-refractivity contribution < 1.29 is 8.42 Å². The molecule has 0 saturated carbocycles. The number of hydrogen-bond donors (Lipinski definition) is 1. The van der Waals surface area contributed by atoms with Crippen molar-refractivity contribution in [1.82, 2.24) is 20.3 Å². The Kier molecular flexibility index (Phi) is 4.43. The molecule has 1 rings (SSSR count). The summed E-state index contributed by atoms with van der Waals surface area (Å²) in [6.07, 6.45) is 3.78. The normalized spacial score (nSPS) is 13.9. The molecule has 0 bridgehead atoms. The Hall–Kier alpha value is -0.950. The fourth-order valence-electron chi connectivity index (χ4n) is 1.48. The molecule has 0 amide bonds. The second kappa shape index (κ2) is 5.40. The van der Waals surface area contributed by atoms with Gasteiger partial charge in [-0.05, 0) is 13.0 Å². The van der Waals surface area contributed by atoms with E-state index < -0.39 is 9.84 Å². The van der Waals surface area contributed by atoms with Crippen LogP contribution in [0.3, 0.4) is 0 Å². The molecule has 0 fully saturated rings. The van der Waals surface area contributed by atoms with Gasteiger partial charge >= 0.3 is 0 Å². The van der Waals surface area contributed by atoms with Crippen molar-refractivity contribution in [1.29, 1.82) is 0 Å².